The van der Waals surface area contributed by atoms with E-state index in [0.29, 0.717) is 31.9 Å². The molecule has 1 N–H and O–H groups in total. The second-order valence-corrected chi connectivity index (χ2v) is 9.99. The van der Waals surface area contributed by atoms with Crippen LogP contribution in [0.15, 0.2) is 59.5 Å². The van der Waals surface area contributed by atoms with E-state index in [9.17, 15) is 13.2 Å². The Labute approximate surface area is 190 Å². The number of morpholine rings is 1. The lowest BCUT2D eigenvalue weighted by Gasteiger charge is -2.34. The summed E-state index contributed by atoms with van der Waals surface area (Å²) in [6.07, 6.45) is -0.302. The summed E-state index contributed by atoms with van der Waals surface area (Å²) in [4.78, 5) is 14.4. The molecule has 2 aromatic rings. The number of nitrogens with one attached hydrogen (secondary N) is 1. The van der Waals surface area contributed by atoms with Gasteiger partial charge in [-0.2, -0.15) is 4.31 Å². The minimum atomic E-state index is -3.61. The second-order valence-electron chi connectivity index (χ2n) is 8.05. The van der Waals surface area contributed by atoms with Crippen LogP contribution in [-0.4, -0.2) is 75.6 Å². The fourth-order valence-electron chi connectivity index (χ4n) is 3.55. The molecule has 0 radical (unpaired) electrons. The van der Waals surface area contributed by atoms with Crippen molar-refractivity contribution in [2.45, 2.75) is 31.0 Å². The summed E-state index contributed by atoms with van der Waals surface area (Å²) >= 11 is 0. The Kier molecular flexibility index (Phi) is 8.25. The molecule has 1 saturated heterocycles. The average Bonchev–Trinajstić information content (AvgIpc) is 2.74. The van der Waals surface area contributed by atoms with Crippen molar-refractivity contribution in [2.75, 3.05) is 45.2 Å². The van der Waals surface area contributed by atoms with Crippen LogP contribution in [0.1, 0.15) is 13.8 Å². The number of carbonyl (C=O) groups is 1. The van der Waals surface area contributed by atoms with Gasteiger partial charge >= 0.3 is 0 Å². The van der Waals surface area contributed by atoms with Crippen molar-refractivity contribution < 1.29 is 22.7 Å². The summed E-state index contributed by atoms with van der Waals surface area (Å²) in [5.41, 5.74) is 0.548. The monoisotopic (exact) mass is 461 g/mol. The number of ether oxygens (including phenoxy) is 2. The zero-order valence-corrected chi connectivity index (χ0v) is 19.5. The van der Waals surface area contributed by atoms with Crippen LogP contribution >= 0.6 is 0 Å². The molecule has 0 aliphatic carbocycles. The number of rotatable bonds is 9. The van der Waals surface area contributed by atoms with Crippen LogP contribution in [0, 0.1) is 0 Å². The van der Waals surface area contributed by atoms with Crippen molar-refractivity contribution in [3.63, 3.8) is 0 Å². The van der Waals surface area contributed by atoms with Crippen LogP contribution in [-0.2, 0) is 19.6 Å². The third-order valence-corrected chi connectivity index (χ3v) is 6.91. The Morgan fingerprint density at radius 2 is 1.72 bits per heavy atom. The van der Waals surface area contributed by atoms with E-state index in [1.165, 1.54) is 16.4 Å². The number of anilines is 1. The molecule has 1 heterocycles. The van der Waals surface area contributed by atoms with Crippen LogP contribution in [0.4, 0.5) is 5.69 Å². The van der Waals surface area contributed by atoms with E-state index in [1.807, 2.05) is 56.1 Å². The third-order valence-electron chi connectivity index (χ3n) is 5.06. The molecule has 174 valence electrons. The molecule has 1 fully saturated rings. The highest BCUT2D eigenvalue weighted by atomic mass is 32.2. The summed E-state index contributed by atoms with van der Waals surface area (Å²) in [7, 11) is -1.77. The summed E-state index contributed by atoms with van der Waals surface area (Å²) in [5.74, 6) is 0.611. The van der Waals surface area contributed by atoms with Crippen LogP contribution in [0.3, 0.4) is 0 Å². The predicted molar refractivity (Wildman–Crippen MR) is 123 cm³/mol. The Hall–Kier alpha value is -2.46. The fraction of sp³-hybridized carbons (Fsp3) is 0.435. The molecular weight excluding hydrogens is 430 g/mol. The summed E-state index contributed by atoms with van der Waals surface area (Å²) in [6.45, 7) is 5.64. The van der Waals surface area contributed by atoms with Gasteiger partial charge in [-0.3, -0.25) is 9.69 Å². The highest BCUT2D eigenvalue weighted by Gasteiger charge is 2.32. The van der Waals surface area contributed by atoms with Crippen molar-refractivity contribution in [1.82, 2.24) is 9.21 Å². The molecule has 0 saturated carbocycles. The molecule has 0 unspecified atom stereocenters. The standard InChI is InChI=1S/C23H31N3O5S/c1-18-15-26(16-19(2)31-18)32(28,29)22-11-9-20(10-12-22)24-23(27)17-25(3)13-14-30-21-7-5-4-6-8-21/h4-12,18-19H,13-17H2,1-3H3,(H,24,27)/t18-,19-/m0/s1. The molecule has 1 aliphatic heterocycles. The number of hydrogen-bond acceptors (Lipinski definition) is 6. The van der Waals surface area contributed by atoms with E-state index in [-0.39, 0.29) is 29.6 Å². The maximum Gasteiger partial charge on any atom is 0.243 e. The van der Waals surface area contributed by atoms with Gasteiger partial charge in [0.25, 0.3) is 0 Å². The second kappa shape index (κ2) is 10.9. The maximum atomic E-state index is 12.9. The highest BCUT2D eigenvalue weighted by molar-refractivity contribution is 7.89. The quantitative estimate of drug-likeness (QED) is 0.617. The van der Waals surface area contributed by atoms with Gasteiger partial charge in [0.15, 0.2) is 0 Å². The van der Waals surface area contributed by atoms with Gasteiger partial charge in [0.2, 0.25) is 15.9 Å². The van der Waals surface area contributed by atoms with E-state index < -0.39 is 10.0 Å². The van der Waals surface area contributed by atoms with E-state index in [1.54, 1.807) is 12.1 Å². The van der Waals surface area contributed by atoms with Gasteiger partial charge in [-0.05, 0) is 57.3 Å². The van der Waals surface area contributed by atoms with Crippen molar-refractivity contribution in [3.05, 3.63) is 54.6 Å². The molecule has 0 aromatic heterocycles. The Morgan fingerprint density at radius 3 is 2.34 bits per heavy atom. The summed E-state index contributed by atoms with van der Waals surface area (Å²) < 4.78 is 38.6. The molecule has 2 aromatic carbocycles. The van der Waals surface area contributed by atoms with Crippen molar-refractivity contribution >= 4 is 21.6 Å². The van der Waals surface area contributed by atoms with Crippen LogP contribution in [0.2, 0.25) is 0 Å². The Bertz CT molecular complexity index is 972. The SMILES string of the molecule is C[C@H]1CN(S(=O)(=O)c2ccc(NC(=O)CN(C)CCOc3ccccc3)cc2)C[C@H](C)O1. The number of carbonyl (C=O) groups excluding carboxylic acids is 1. The Balaban J connectivity index is 1.48. The average molecular weight is 462 g/mol. The molecule has 32 heavy (non-hydrogen) atoms. The topological polar surface area (TPSA) is 88.2 Å². The van der Waals surface area contributed by atoms with Gasteiger partial charge in [0.05, 0.1) is 23.6 Å². The first-order chi connectivity index (χ1) is 15.2. The van der Waals surface area contributed by atoms with Gasteiger partial charge in [0.1, 0.15) is 12.4 Å². The van der Waals surface area contributed by atoms with Gasteiger partial charge in [-0.25, -0.2) is 8.42 Å². The first-order valence-corrected chi connectivity index (χ1v) is 12.1. The molecule has 8 nitrogen and oxygen atoms in total. The molecule has 9 heteroatoms. The molecule has 1 amide bonds. The van der Waals surface area contributed by atoms with E-state index in [0.717, 1.165) is 5.75 Å². The lowest BCUT2D eigenvalue weighted by atomic mass is 10.3. The summed E-state index contributed by atoms with van der Waals surface area (Å²) in [6, 6.07) is 15.8. The normalized spacial score (nSPS) is 19.6. The van der Waals surface area contributed by atoms with Crippen molar-refractivity contribution in [3.8, 4) is 5.75 Å². The van der Waals surface area contributed by atoms with E-state index in [4.69, 9.17) is 9.47 Å². The predicted octanol–water partition coefficient (Wildman–Crippen LogP) is 2.43. The van der Waals surface area contributed by atoms with Crippen LogP contribution in [0.25, 0.3) is 0 Å². The lowest BCUT2D eigenvalue weighted by Crippen LogP contribution is -2.48. The first-order valence-electron chi connectivity index (χ1n) is 10.7. The van der Waals surface area contributed by atoms with E-state index in [2.05, 4.69) is 5.32 Å². The largest absolute Gasteiger partial charge is 0.492 e. The lowest BCUT2D eigenvalue weighted by molar-refractivity contribution is -0.117. The minimum Gasteiger partial charge on any atom is -0.492 e. The first kappa shape index (κ1) is 24.2. The molecule has 2 atom stereocenters. The fourth-order valence-corrected chi connectivity index (χ4v) is 5.14. The number of hydrogen-bond donors (Lipinski definition) is 1. The number of sulfonamides is 1. The Morgan fingerprint density at radius 1 is 1.09 bits per heavy atom. The van der Waals surface area contributed by atoms with Gasteiger partial charge in [-0.1, -0.05) is 18.2 Å². The van der Waals surface area contributed by atoms with Gasteiger partial charge in [0, 0.05) is 25.3 Å². The summed E-state index contributed by atoms with van der Waals surface area (Å²) in [5, 5.41) is 2.80. The zero-order valence-electron chi connectivity index (χ0n) is 18.7. The van der Waals surface area contributed by atoms with E-state index >= 15 is 0 Å². The number of benzene rings is 2. The highest BCUT2D eigenvalue weighted by Crippen LogP contribution is 2.22. The van der Waals surface area contributed by atoms with Gasteiger partial charge in [-0.15, -0.1) is 0 Å². The zero-order chi connectivity index (χ0) is 23.1. The maximum absolute atomic E-state index is 12.9. The molecular formula is C23H31N3O5S. The third kappa shape index (κ3) is 6.77. The number of para-hydroxylation sites is 1. The molecule has 0 bridgehead atoms. The van der Waals surface area contributed by atoms with Crippen molar-refractivity contribution in [1.29, 1.82) is 0 Å². The smallest absolute Gasteiger partial charge is 0.243 e. The molecule has 0 spiro atoms. The van der Waals surface area contributed by atoms with Gasteiger partial charge < -0.3 is 14.8 Å². The minimum absolute atomic E-state index is 0.151. The number of nitrogens with zero attached hydrogens (tertiary/aromatic N) is 2. The number of amides is 1. The van der Waals surface area contributed by atoms with Crippen LogP contribution < -0.4 is 10.1 Å². The molecule has 3 rings (SSSR count). The van der Waals surface area contributed by atoms with Crippen LogP contribution in [0.5, 0.6) is 5.75 Å². The molecule has 1 aliphatic rings. The van der Waals surface area contributed by atoms with Crippen molar-refractivity contribution in [2.24, 2.45) is 0 Å². The number of likely N-dealkylation sites (N-methyl/N-ethyl adjacent to an activating group) is 1.